The first-order valence-electron chi connectivity index (χ1n) is 15.3. The first kappa shape index (κ1) is 29.6. The van der Waals surface area contributed by atoms with Gasteiger partial charge >= 0.3 is 0 Å². The molecule has 232 valence electrons. The molecule has 0 amide bonds. The highest BCUT2D eigenvalue weighted by molar-refractivity contribution is 5.92. The van der Waals surface area contributed by atoms with Gasteiger partial charge in [0.1, 0.15) is 23.1 Å². The molecule has 3 heterocycles. The van der Waals surface area contributed by atoms with Crippen molar-refractivity contribution in [2.75, 3.05) is 102 Å². The zero-order valence-corrected chi connectivity index (χ0v) is 26.2. The quantitative estimate of drug-likeness (QED) is 0.263. The van der Waals surface area contributed by atoms with E-state index in [0.717, 1.165) is 111 Å². The molecule has 0 radical (unpaired) electrons. The van der Waals surface area contributed by atoms with Crippen LogP contribution >= 0.6 is 0 Å². The van der Waals surface area contributed by atoms with E-state index >= 15 is 0 Å². The van der Waals surface area contributed by atoms with E-state index in [-0.39, 0.29) is 0 Å². The molecule has 0 bridgehead atoms. The van der Waals surface area contributed by atoms with Crippen molar-refractivity contribution in [2.24, 2.45) is 0 Å². The molecule has 0 spiro atoms. The minimum atomic E-state index is 0.670. The van der Waals surface area contributed by atoms with Crippen LogP contribution < -0.4 is 33.6 Å². The Kier molecular flexibility index (Phi) is 9.07. The van der Waals surface area contributed by atoms with Crippen LogP contribution in [0.5, 0.6) is 23.0 Å². The second-order valence-electron chi connectivity index (χ2n) is 11.1. The van der Waals surface area contributed by atoms with E-state index in [2.05, 4.69) is 43.9 Å². The van der Waals surface area contributed by atoms with Gasteiger partial charge in [-0.15, -0.1) is 0 Å². The summed E-state index contributed by atoms with van der Waals surface area (Å²) in [6, 6.07) is 20.4. The summed E-state index contributed by atoms with van der Waals surface area (Å²) in [6.07, 6.45) is 0.771. The van der Waals surface area contributed by atoms with Crippen molar-refractivity contribution in [3.8, 4) is 23.0 Å². The largest absolute Gasteiger partial charge is 0.495 e. The van der Waals surface area contributed by atoms with E-state index in [1.807, 2.05) is 36.4 Å². The van der Waals surface area contributed by atoms with Crippen LogP contribution in [-0.4, -0.2) is 102 Å². The monoisotopic (exact) mass is 598 g/mol. The van der Waals surface area contributed by atoms with Crippen LogP contribution in [0.4, 0.5) is 17.2 Å². The summed E-state index contributed by atoms with van der Waals surface area (Å²) < 4.78 is 22.5. The van der Waals surface area contributed by atoms with Crippen LogP contribution in [0, 0.1) is 0 Å². The fourth-order valence-electron chi connectivity index (χ4n) is 6.25. The van der Waals surface area contributed by atoms with E-state index in [1.54, 1.807) is 28.4 Å². The Labute approximate surface area is 259 Å². The summed E-state index contributed by atoms with van der Waals surface area (Å²) in [5.41, 5.74) is 3.16. The third kappa shape index (κ3) is 6.12. The highest BCUT2D eigenvalue weighted by Gasteiger charge is 2.25. The van der Waals surface area contributed by atoms with Gasteiger partial charge < -0.3 is 33.6 Å². The molecule has 10 nitrogen and oxygen atoms in total. The number of benzene rings is 3. The zero-order valence-electron chi connectivity index (χ0n) is 26.2. The van der Waals surface area contributed by atoms with Crippen LogP contribution in [0.3, 0.4) is 0 Å². The first-order valence-corrected chi connectivity index (χ1v) is 15.3. The molecule has 1 aromatic heterocycles. The fourth-order valence-corrected chi connectivity index (χ4v) is 6.25. The molecule has 44 heavy (non-hydrogen) atoms. The molecular formula is C34H42N6O4. The lowest BCUT2D eigenvalue weighted by Gasteiger charge is -2.38. The Hall–Kier alpha value is -4.44. The van der Waals surface area contributed by atoms with Gasteiger partial charge in [0.25, 0.3) is 0 Å². The zero-order chi connectivity index (χ0) is 30.5. The number of aromatic nitrogens is 2. The Morgan fingerprint density at radius 1 is 0.568 bits per heavy atom. The maximum atomic E-state index is 5.66. The van der Waals surface area contributed by atoms with Gasteiger partial charge in [-0.1, -0.05) is 24.3 Å². The molecule has 0 aliphatic carbocycles. The normalized spacial score (nSPS) is 15.9. The van der Waals surface area contributed by atoms with Crippen molar-refractivity contribution in [3.05, 3.63) is 66.5 Å². The summed E-state index contributed by atoms with van der Waals surface area (Å²) in [7, 11) is 6.79. The Balaban J connectivity index is 1.19. The van der Waals surface area contributed by atoms with Crippen molar-refractivity contribution < 1.29 is 18.9 Å². The Morgan fingerprint density at radius 2 is 1.07 bits per heavy atom. The average molecular weight is 599 g/mol. The van der Waals surface area contributed by atoms with Crippen molar-refractivity contribution in [3.63, 3.8) is 0 Å². The molecule has 2 saturated heterocycles. The molecule has 0 N–H and O–H groups in total. The summed E-state index contributed by atoms with van der Waals surface area (Å²) in [5, 5.41) is 0.975. The molecule has 2 aliphatic rings. The van der Waals surface area contributed by atoms with Crippen LogP contribution in [0.25, 0.3) is 10.9 Å². The van der Waals surface area contributed by atoms with Crippen molar-refractivity contribution >= 4 is 28.1 Å². The lowest BCUT2D eigenvalue weighted by atomic mass is 10.1. The molecule has 0 unspecified atom stereocenters. The molecular weight excluding hydrogens is 556 g/mol. The average Bonchev–Trinajstić information content (AvgIpc) is 3.10. The van der Waals surface area contributed by atoms with Crippen LogP contribution in [0.2, 0.25) is 0 Å². The number of hydrogen-bond acceptors (Lipinski definition) is 10. The van der Waals surface area contributed by atoms with Crippen LogP contribution in [0.15, 0.2) is 60.7 Å². The number of para-hydroxylation sites is 4. The third-order valence-corrected chi connectivity index (χ3v) is 8.68. The van der Waals surface area contributed by atoms with Gasteiger partial charge in [0.15, 0.2) is 11.5 Å². The molecule has 2 aliphatic heterocycles. The van der Waals surface area contributed by atoms with Gasteiger partial charge in [0.2, 0.25) is 0 Å². The van der Waals surface area contributed by atoms with Gasteiger partial charge in [-0.05, 0) is 30.3 Å². The minimum absolute atomic E-state index is 0.670. The number of methoxy groups -OCH3 is 4. The summed E-state index contributed by atoms with van der Waals surface area (Å²) in [4.78, 5) is 19.9. The summed E-state index contributed by atoms with van der Waals surface area (Å²) in [5.74, 6) is 4.97. The maximum Gasteiger partial charge on any atom is 0.162 e. The second kappa shape index (κ2) is 13.5. The van der Waals surface area contributed by atoms with Crippen LogP contribution in [0.1, 0.15) is 5.82 Å². The fraction of sp³-hybridized carbons (Fsp3) is 0.412. The number of nitrogens with zero attached hydrogens (tertiary/aromatic N) is 6. The number of ether oxygens (including phenoxy) is 4. The molecule has 10 heteroatoms. The van der Waals surface area contributed by atoms with Gasteiger partial charge in [0, 0.05) is 76.8 Å². The number of anilines is 3. The minimum Gasteiger partial charge on any atom is -0.495 e. The van der Waals surface area contributed by atoms with E-state index in [4.69, 9.17) is 28.9 Å². The lowest BCUT2D eigenvalue weighted by Crippen LogP contribution is -2.47. The predicted octanol–water partition coefficient (Wildman–Crippen LogP) is 4.36. The van der Waals surface area contributed by atoms with Gasteiger partial charge in [-0.3, -0.25) is 4.90 Å². The van der Waals surface area contributed by atoms with Crippen molar-refractivity contribution in [2.45, 2.75) is 6.42 Å². The standard InChI is InChI=1S/C34H42N6O4/c1-41-29-11-7-5-9-27(29)38-17-15-37(16-18-38)14-13-33-35-26-24-32(44-4)31(43-3)23-25(26)34(36-33)40-21-19-39(20-22-40)28-10-6-8-12-30(28)42-2/h5-12,23-24H,13-22H2,1-4H3. The SMILES string of the molecule is COc1cc2nc(CCN3CCN(c4ccccc4OC)CC3)nc(N3CCN(c4ccccc4OC)CC3)c2cc1OC. The summed E-state index contributed by atoms with van der Waals surface area (Å²) in [6.45, 7) is 8.18. The second-order valence-corrected chi connectivity index (χ2v) is 11.1. The van der Waals surface area contributed by atoms with E-state index in [9.17, 15) is 0 Å². The number of rotatable bonds is 10. The number of piperazine rings is 2. The summed E-state index contributed by atoms with van der Waals surface area (Å²) >= 11 is 0. The third-order valence-electron chi connectivity index (χ3n) is 8.68. The van der Waals surface area contributed by atoms with Gasteiger partial charge in [-0.25, -0.2) is 9.97 Å². The van der Waals surface area contributed by atoms with Crippen LogP contribution in [-0.2, 0) is 6.42 Å². The molecule has 0 atom stereocenters. The smallest absolute Gasteiger partial charge is 0.162 e. The van der Waals surface area contributed by atoms with Crippen molar-refractivity contribution in [1.82, 2.24) is 14.9 Å². The molecule has 6 rings (SSSR count). The number of fused-ring (bicyclic) bond motifs is 1. The van der Waals surface area contributed by atoms with E-state index < -0.39 is 0 Å². The molecule has 0 saturated carbocycles. The van der Waals surface area contributed by atoms with E-state index in [0.29, 0.717) is 11.5 Å². The van der Waals surface area contributed by atoms with Gasteiger partial charge in [-0.2, -0.15) is 0 Å². The molecule has 3 aromatic carbocycles. The highest BCUT2D eigenvalue weighted by atomic mass is 16.5. The number of hydrogen-bond donors (Lipinski definition) is 0. The maximum absolute atomic E-state index is 5.66. The Morgan fingerprint density at radius 3 is 1.64 bits per heavy atom. The predicted molar refractivity (Wildman–Crippen MR) is 175 cm³/mol. The lowest BCUT2D eigenvalue weighted by molar-refractivity contribution is 0.258. The highest BCUT2D eigenvalue weighted by Crippen LogP contribution is 2.36. The van der Waals surface area contributed by atoms with Crippen molar-refractivity contribution in [1.29, 1.82) is 0 Å². The van der Waals surface area contributed by atoms with E-state index in [1.165, 1.54) is 0 Å². The first-order chi connectivity index (χ1) is 21.6. The molecule has 2 fully saturated rings. The topological polar surface area (TPSA) is 75.7 Å². The Bertz CT molecular complexity index is 1570. The van der Waals surface area contributed by atoms with Gasteiger partial charge in [0.05, 0.1) is 45.3 Å². The molecule has 4 aromatic rings.